The Bertz CT molecular complexity index is 1430. The number of sulfonamides is 1. The summed E-state index contributed by atoms with van der Waals surface area (Å²) in [7, 11) is -4.17. The summed E-state index contributed by atoms with van der Waals surface area (Å²) in [5, 5.41) is 9.72. The smallest absolute Gasteiger partial charge is 0.267 e. The van der Waals surface area contributed by atoms with Crippen molar-refractivity contribution in [3.63, 3.8) is 0 Å². The third-order valence-electron chi connectivity index (χ3n) is 5.81. The first-order valence-corrected chi connectivity index (χ1v) is 13.4. The fourth-order valence-corrected chi connectivity index (χ4v) is 5.60. The number of alkyl halides is 1. The largest absolute Gasteiger partial charge is 0.484 e. The van der Waals surface area contributed by atoms with Crippen molar-refractivity contribution in [2.45, 2.75) is 44.7 Å². The number of nitrogens with one attached hydrogen (secondary N) is 2. The van der Waals surface area contributed by atoms with Crippen LogP contribution < -0.4 is 19.7 Å². The first-order valence-electron chi connectivity index (χ1n) is 11.9. The van der Waals surface area contributed by atoms with Crippen LogP contribution in [0.5, 0.6) is 5.75 Å². The Balaban J connectivity index is 1.62. The highest BCUT2D eigenvalue weighted by molar-refractivity contribution is 7.92. The van der Waals surface area contributed by atoms with Gasteiger partial charge in [0.25, 0.3) is 10.0 Å². The molecule has 1 aliphatic rings. The van der Waals surface area contributed by atoms with Gasteiger partial charge in [0, 0.05) is 18.8 Å². The van der Waals surface area contributed by atoms with Crippen LogP contribution in [-0.4, -0.2) is 43.3 Å². The van der Waals surface area contributed by atoms with E-state index in [9.17, 15) is 17.6 Å². The van der Waals surface area contributed by atoms with E-state index in [0.717, 1.165) is 10.2 Å². The van der Waals surface area contributed by atoms with Gasteiger partial charge in [-0.3, -0.25) is 9.10 Å². The maximum Gasteiger partial charge on any atom is 0.267 e. The highest BCUT2D eigenvalue weighted by atomic mass is 32.2. The minimum atomic E-state index is -4.17. The molecule has 0 spiro atoms. The minimum Gasteiger partial charge on any atom is -0.484 e. The molecule has 0 saturated heterocycles. The molecule has 10 nitrogen and oxygen atoms in total. The molecule has 38 heavy (non-hydrogen) atoms. The van der Waals surface area contributed by atoms with Gasteiger partial charge in [-0.25, -0.2) is 17.5 Å². The van der Waals surface area contributed by atoms with E-state index in [-0.39, 0.29) is 41.2 Å². The lowest BCUT2D eigenvalue weighted by atomic mass is 10.2. The number of rotatable bonds is 10. The highest BCUT2D eigenvalue weighted by Gasteiger charge is 2.37. The molecule has 2 N–H and O–H groups in total. The quantitative estimate of drug-likeness (QED) is 0.373. The van der Waals surface area contributed by atoms with Crippen LogP contribution in [0.15, 0.2) is 72.1 Å². The molecule has 0 radical (unpaired) electrons. The number of aromatic nitrogens is 2. The molecule has 0 bridgehead atoms. The third kappa shape index (κ3) is 6.08. The summed E-state index contributed by atoms with van der Waals surface area (Å²) in [6.45, 7) is 8.36. The van der Waals surface area contributed by atoms with Crippen LogP contribution in [0.2, 0.25) is 0 Å². The van der Waals surface area contributed by atoms with E-state index in [4.69, 9.17) is 9.47 Å². The number of amides is 1. The monoisotopic (exact) mass is 543 g/mol. The summed E-state index contributed by atoms with van der Waals surface area (Å²) in [5.41, 5.74) is 1.93. The fraction of sp³-hybridized carbons (Fsp3) is 0.308. The fourth-order valence-electron chi connectivity index (χ4n) is 3.94. The lowest BCUT2D eigenvalue weighted by molar-refractivity contribution is -0.119. The van der Waals surface area contributed by atoms with Crippen molar-refractivity contribution < 1.29 is 27.1 Å². The van der Waals surface area contributed by atoms with Gasteiger partial charge in [0.15, 0.2) is 12.2 Å². The molecule has 2 heterocycles. The molecule has 4 rings (SSSR count). The first kappa shape index (κ1) is 27.0. The predicted molar refractivity (Wildman–Crippen MR) is 141 cm³/mol. The van der Waals surface area contributed by atoms with Crippen LogP contribution in [0.4, 0.5) is 15.8 Å². The van der Waals surface area contributed by atoms with Gasteiger partial charge in [-0.15, -0.1) is 0 Å². The number of fused-ring (bicyclic) bond motifs is 1. The molecule has 12 heteroatoms. The summed E-state index contributed by atoms with van der Waals surface area (Å²) in [5.74, 6) is 0.314. The zero-order chi connectivity index (χ0) is 27.4. The number of halogens is 1. The lowest BCUT2D eigenvalue weighted by Gasteiger charge is -2.35. The molecule has 0 fully saturated rings. The minimum absolute atomic E-state index is 0.0830. The normalized spacial score (nSPS) is 15.7. The number of nitrogens with zero attached hydrogens (tertiary/aromatic N) is 3. The van der Waals surface area contributed by atoms with Crippen LogP contribution in [0.25, 0.3) is 0 Å². The summed E-state index contributed by atoms with van der Waals surface area (Å²) < 4.78 is 55.4. The topological polar surface area (TPSA) is 115 Å². The van der Waals surface area contributed by atoms with Crippen LogP contribution in [0, 0.1) is 6.92 Å². The molecule has 2 atom stereocenters. The zero-order valence-corrected chi connectivity index (χ0v) is 22.2. The Morgan fingerprint density at radius 1 is 1.29 bits per heavy atom. The van der Waals surface area contributed by atoms with Crippen LogP contribution in [0.3, 0.4) is 0 Å². The molecule has 2 aromatic carbocycles. The Kier molecular flexibility index (Phi) is 7.91. The molecular formula is C26H30FN5O5S. The van der Waals surface area contributed by atoms with Crippen molar-refractivity contribution in [3.05, 3.63) is 78.4 Å². The van der Waals surface area contributed by atoms with Crippen molar-refractivity contribution in [2.75, 3.05) is 22.7 Å². The summed E-state index contributed by atoms with van der Waals surface area (Å²) in [6.07, 6.45) is -0.978. The summed E-state index contributed by atoms with van der Waals surface area (Å²) in [6, 6.07) is 14.5. The number of ether oxygens (including phenoxy) is 2. The molecule has 0 aliphatic carbocycles. The van der Waals surface area contributed by atoms with Gasteiger partial charge in [0.2, 0.25) is 5.91 Å². The number of anilines is 2. The van der Waals surface area contributed by atoms with E-state index in [1.807, 2.05) is 30.3 Å². The van der Waals surface area contributed by atoms with Crippen LogP contribution in [0.1, 0.15) is 31.4 Å². The van der Waals surface area contributed by atoms with Crippen molar-refractivity contribution >= 4 is 27.3 Å². The van der Waals surface area contributed by atoms with Gasteiger partial charge in [-0.05, 0) is 44.2 Å². The van der Waals surface area contributed by atoms with E-state index in [1.54, 1.807) is 18.2 Å². The average Bonchev–Trinajstić information content (AvgIpc) is 3.29. The zero-order valence-electron chi connectivity index (χ0n) is 21.3. The lowest BCUT2D eigenvalue weighted by Crippen LogP contribution is -2.48. The van der Waals surface area contributed by atoms with E-state index in [2.05, 4.69) is 22.3 Å². The van der Waals surface area contributed by atoms with Crippen LogP contribution in [-0.2, 0) is 26.2 Å². The first-order chi connectivity index (χ1) is 18.0. The van der Waals surface area contributed by atoms with E-state index >= 15 is 0 Å². The molecule has 3 aromatic rings. The molecule has 1 aromatic heterocycles. The predicted octanol–water partition coefficient (Wildman–Crippen LogP) is 3.87. The number of carbonyl (C=O) groups excluding carboxylic acids is 1. The summed E-state index contributed by atoms with van der Waals surface area (Å²) in [4.78, 5) is 11.3. The number of hydrogen-bond donors (Lipinski definition) is 2. The molecule has 1 aliphatic heterocycles. The van der Waals surface area contributed by atoms with E-state index in [1.165, 1.54) is 31.3 Å². The maximum atomic E-state index is 13.9. The highest BCUT2D eigenvalue weighted by Crippen LogP contribution is 2.39. The van der Waals surface area contributed by atoms with Gasteiger partial charge >= 0.3 is 0 Å². The molecular weight excluding hydrogens is 513 g/mol. The van der Waals surface area contributed by atoms with Crippen molar-refractivity contribution in [1.82, 2.24) is 15.1 Å². The Hall–Kier alpha value is -4.06. The molecule has 1 amide bonds. The van der Waals surface area contributed by atoms with Gasteiger partial charge < -0.3 is 20.1 Å². The number of hydrogen-bond acceptors (Lipinski definition) is 7. The number of carbonyl (C=O) groups is 1. The van der Waals surface area contributed by atoms with E-state index < -0.39 is 22.4 Å². The SMILES string of the molecule is C=C(Nc1ccc2c(c1)N(S(=O)(=O)c1cn(C(C)F)nc1C)C[C@H](CNC(C)=O)O2)OCc1ccccc1. The third-order valence-corrected chi connectivity index (χ3v) is 7.70. The van der Waals surface area contributed by atoms with Gasteiger partial charge in [0.05, 0.1) is 24.5 Å². The number of aryl methyl sites for hydroxylation is 1. The Morgan fingerprint density at radius 2 is 2.03 bits per heavy atom. The van der Waals surface area contributed by atoms with Gasteiger partial charge in [0.1, 0.15) is 23.4 Å². The maximum absolute atomic E-state index is 13.9. The second-order valence-electron chi connectivity index (χ2n) is 8.85. The molecule has 1 unspecified atom stereocenters. The van der Waals surface area contributed by atoms with Crippen molar-refractivity contribution in [1.29, 1.82) is 0 Å². The second-order valence-corrected chi connectivity index (χ2v) is 10.7. The van der Waals surface area contributed by atoms with E-state index in [0.29, 0.717) is 18.0 Å². The Labute approximate surface area is 221 Å². The van der Waals surface area contributed by atoms with Gasteiger partial charge in [-0.1, -0.05) is 30.3 Å². The summed E-state index contributed by atoms with van der Waals surface area (Å²) >= 11 is 0. The molecule has 0 saturated carbocycles. The standard InChI is InChI=1S/C26H30FN5O5S/c1-17-26(15-31(30-17)18(2)27)38(34,35)32-14-23(13-28-19(3)33)37-25-11-10-22(12-24(25)32)29-20(4)36-16-21-8-6-5-7-9-21/h5-12,15,18,23,29H,4,13-14,16H2,1-3H3,(H,28,33)/t18?,23-/m0/s1. The van der Waals surface area contributed by atoms with Gasteiger partial charge in [-0.2, -0.15) is 5.10 Å². The average molecular weight is 544 g/mol. The Morgan fingerprint density at radius 3 is 2.68 bits per heavy atom. The van der Waals surface area contributed by atoms with Crippen molar-refractivity contribution in [3.8, 4) is 5.75 Å². The number of benzene rings is 2. The second kappa shape index (κ2) is 11.1. The van der Waals surface area contributed by atoms with Crippen molar-refractivity contribution in [2.24, 2.45) is 0 Å². The van der Waals surface area contributed by atoms with Crippen LogP contribution >= 0.6 is 0 Å². The molecule has 202 valence electrons.